The summed E-state index contributed by atoms with van der Waals surface area (Å²) in [5.74, 6) is -0.0831. The van der Waals surface area contributed by atoms with Gasteiger partial charge in [-0.25, -0.2) is 0 Å². The van der Waals surface area contributed by atoms with E-state index in [4.69, 9.17) is 4.43 Å². The Balaban J connectivity index is 2.29. The van der Waals surface area contributed by atoms with Crippen LogP contribution in [0.1, 0.15) is 44.9 Å². The number of hydrogen-bond acceptors (Lipinski definition) is 3. The number of hydrogen-bond donors (Lipinski definition) is 0. The lowest BCUT2D eigenvalue weighted by Gasteiger charge is -2.46. The van der Waals surface area contributed by atoms with Crippen LogP contribution in [0.25, 0.3) is 0 Å². The van der Waals surface area contributed by atoms with E-state index in [-0.39, 0.29) is 11.8 Å². The van der Waals surface area contributed by atoms with Crippen LogP contribution in [-0.2, 0) is 14.0 Å². The monoisotopic (exact) mass is 269 g/mol. The van der Waals surface area contributed by atoms with Crippen LogP contribution in [0.3, 0.4) is 0 Å². The number of nitrogens with zero attached hydrogens (tertiary/aromatic N) is 1. The Morgan fingerprint density at radius 1 is 1.00 bits per heavy atom. The van der Waals surface area contributed by atoms with Crippen molar-refractivity contribution in [3.8, 4) is 0 Å². The van der Waals surface area contributed by atoms with E-state index in [1.807, 2.05) is 0 Å². The number of likely N-dealkylation sites (tertiary alicyclic amines) is 1. The van der Waals surface area contributed by atoms with E-state index in [2.05, 4.69) is 19.6 Å². The molecule has 0 aromatic carbocycles. The number of carbonyl (C=O) groups is 2. The first kappa shape index (κ1) is 13.7. The van der Waals surface area contributed by atoms with Crippen LogP contribution in [-0.4, -0.2) is 30.8 Å². The molecule has 1 aliphatic heterocycles. The summed E-state index contributed by atoms with van der Waals surface area (Å²) in [6.45, 7) is 6.36. The lowest BCUT2D eigenvalue weighted by atomic mass is 9.90. The summed E-state index contributed by atoms with van der Waals surface area (Å²) in [6.07, 6.45) is 5.60. The normalized spacial score (nSPS) is 24.7. The van der Waals surface area contributed by atoms with Crippen molar-refractivity contribution >= 4 is 20.1 Å². The molecule has 0 spiro atoms. The molecule has 1 saturated heterocycles. The van der Waals surface area contributed by atoms with Gasteiger partial charge in [0.2, 0.25) is 11.8 Å². The molecule has 2 fully saturated rings. The van der Waals surface area contributed by atoms with E-state index in [9.17, 15) is 9.59 Å². The van der Waals surface area contributed by atoms with Gasteiger partial charge in [-0.15, -0.1) is 0 Å². The van der Waals surface area contributed by atoms with Crippen LogP contribution in [0.2, 0.25) is 19.6 Å². The van der Waals surface area contributed by atoms with Crippen molar-refractivity contribution < 1.29 is 14.0 Å². The SMILES string of the molecule is C[Si](C)(C)OC1(N2C(=O)CCC2=O)CCCCC1. The second-order valence-electron chi connectivity index (χ2n) is 6.34. The van der Waals surface area contributed by atoms with Crippen molar-refractivity contribution in [3.63, 3.8) is 0 Å². The summed E-state index contributed by atoms with van der Waals surface area (Å²) in [4.78, 5) is 25.5. The lowest BCUT2D eigenvalue weighted by Crippen LogP contribution is -2.58. The summed E-state index contributed by atoms with van der Waals surface area (Å²) >= 11 is 0. The third kappa shape index (κ3) is 2.67. The first-order valence-corrected chi connectivity index (χ1v) is 10.3. The van der Waals surface area contributed by atoms with Crippen molar-refractivity contribution in [1.29, 1.82) is 0 Å². The predicted molar refractivity (Wildman–Crippen MR) is 71.3 cm³/mol. The zero-order valence-corrected chi connectivity index (χ0v) is 12.6. The molecular formula is C13H23NO3Si. The molecule has 0 aromatic rings. The van der Waals surface area contributed by atoms with Crippen LogP contribution in [0.5, 0.6) is 0 Å². The van der Waals surface area contributed by atoms with E-state index in [1.54, 1.807) is 0 Å². The fraction of sp³-hybridized carbons (Fsp3) is 0.846. The maximum absolute atomic E-state index is 12.0. The van der Waals surface area contributed by atoms with Crippen molar-refractivity contribution in [1.82, 2.24) is 4.90 Å². The van der Waals surface area contributed by atoms with Gasteiger partial charge in [0.25, 0.3) is 0 Å². The van der Waals surface area contributed by atoms with E-state index in [0.29, 0.717) is 12.8 Å². The lowest BCUT2D eigenvalue weighted by molar-refractivity contribution is -0.167. The predicted octanol–water partition coefficient (Wildman–Crippen LogP) is 2.65. The Morgan fingerprint density at radius 2 is 1.50 bits per heavy atom. The van der Waals surface area contributed by atoms with E-state index in [1.165, 1.54) is 11.3 Å². The Kier molecular flexibility index (Phi) is 3.64. The smallest absolute Gasteiger partial charge is 0.232 e. The van der Waals surface area contributed by atoms with Crippen LogP contribution in [0, 0.1) is 0 Å². The Morgan fingerprint density at radius 3 is 1.94 bits per heavy atom. The highest BCUT2D eigenvalue weighted by atomic mass is 28.4. The van der Waals surface area contributed by atoms with Crippen LogP contribution in [0.15, 0.2) is 0 Å². The van der Waals surface area contributed by atoms with Gasteiger partial charge in [0.15, 0.2) is 8.32 Å². The average molecular weight is 269 g/mol. The largest absolute Gasteiger partial charge is 0.395 e. The summed E-state index contributed by atoms with van der Waals surface area (Å²) in [6, 6.07) is 0. The highest BCUT2D eigenvalue weighted by Crippen LogP contribution is 2.39. The average Bonchev–Trinajstić information content (AvgIpc) is 2.57. The number of amides is 2. The zero-order valence-electron chi connectivity index (χ0n) is 11.6. The fourth-order valence-electron chi connectivity index (χ4n) is 3.08. The van der Waals surface area contributed by atoms with E-state index < -0.39 is 14.0 Å². The van der Waals surface area contributed by atoms with Gasteiger partial charge >= 0.3 is 0 Å². The summed E-state index contributed by atoms with van der Waals surface area (Å²) in [5, 5.41) is 0. The highest BCUT2D eigenvalue weighted by Gasteiger charge is 2.49. The number of carbonyl (C=O) groups excluding carboxylic acids is 2. The van der Waals surface area contributed by atoms with E-state index in [0.717, 1.165) is 25.7 Å². The molecule has 1 saturated carbocycles. The standard InChI is InChI=1S/C13H23NO3Si/c1-18(2,3)17-13(9-5-4-6-10-13)14-11(15)7-8-12(14)16/h4-10H2,1-3H3. The third-order valence-corrected chi connectivity index (χ3v) is 4.58. The molecule has 4 nitrogen and oxygen atoms in total. The second-order valence-corrected chi connectivity index (χ2v) is 10.8. The Bertz CT molecular complexity index is 340. The fourth-order valence-corrected chi connectivity index (χ4v) is 4.51. The summed E-state index contributed by atoms with van der Waals surface area (Å²) < 4.78 is 6.31. The van der Waals surface area contributed by atoms with Crippen molar-refractivity contribution in [2.24, 2.45) is 0 Å². The first-order chi connectivity index (χ1) is 8.34. The third-order valence-electron chi connectivity index (χ3n) is 3.59. The molecule has 0 unspecified atom stereocenters. The molecule has 1 aliphatic carbocycles. The molecule has 2 amide bonds. The van der Waals surface area contributed by atoms with Gasteiger partial charge in [-0.2, -0.15) is 0 Å². The molecule has 0 aromatic heterocycles. The van der Waals surface area contributed by atoms with Crippen molar-refractivity contribution in [2.45, 2.75) is 70.3 Å². The van der Waals surface area contributed by atoms with Crippen molar-refractivity contribution in [2.75, 3.05) is 0 Å². The molecule has 2 rings (SSSR count). The Labute approximate surface area is 110 Å². The van der Waals surface area contributed by atoms with Gasteiger partial charge in [0.1, 0.15) is 5.72 Å². The molecular weight excluding hydrogens is 246 g/mol. The number of imide groups is 1. The van der Waals surface area contributed by atoms with Crippen LogP contribution >= 0.6 is 0 Å². The molecule has 0 N–H and O–H groups in total. The van der Waals surface area contributed by atoms with Crippen LogP contribution < -0.4 is 0 Å². The van der Waals surface area contributed by atoms with Gasteiger partial charge < -0.3 is 4.43 Å². The minimum absolute atomic E-state index is 0.0415. The topological polar surface area (TPSA) is 46.6 Å². The van der Waals surface area contributed by atoms with Gasteiger partial charge in [-0.1, -0.05) is 6.42 Å². The maximum atomic E-state index is 12.0. The minimum atomic E-state index is -1.79. The molecule has 18 heavy (non-hydrogen) atoms. The van der Waals surface area contributed by atoms with Gasteiger partial charge in [-0.05, 0) is 45.3 Å². The Hall–Kier alpha value is -0.683. The molecule has 0 radical (unpaired) electrons. The van der Waals surface area contributed by atoms with Crippen molar-refractivity contribution in [3.05, 3.63) is 0 Å². The van der Waals surface area contributed by atoms with Gasteiger partial charge in [0, 0.05) is 12.8 Å². The van der Waals surface area contributed by atoms with E-state index >= 15 is 0 Å². The maximum Gasteiger partial charge on any atom is 0.232 e. The zero-order chi connectivity index (χ0) is 13.4. The molecule has 0 atom stereocenters. The quantitative estimate of drug-likeness (QED) is 0.584. The molecule has 5 heteroatoms. The molecule has 0 bridgehead atoms. The summed E-state index contributed by atoms with van der Waals surface area (Å²) in [5.41, 5.74) is -0.618. The highest BCUT2D eigenvalue weighted by molar-refractivity contribution is 6.69. The first-order valence-electron chi connectivity index (χ1n) is 6.90. The number of rotatable bonds is 3. The van der Waals surface area contributed by atoms with Crippen LogP contribution in [0.4, 0.5) is 0 Å². The summed E-state index contributed by atoms with van der Waals surface area (Å²) in [7, 11) is -1.79. The van der Waals surface area contributed by atoms with Gasteiger partial charge in [-0.3, -0.25) is 14.5 Å². The van der Waals surface area contributed by atoms with Gasteiger partial charge in [0.05, 0.1) is 0 Å². The molecule has 1 heterocycles. The molecule has 102 valence electrons. The molecule has 2 aliphatic rings. The minimum Gasteiger partial charge on any atom is -0.395 e. The second kappa shape index (κ2) is 4.77.